The van der Waals surface area contributed by atoms with Crippen LogP contribution in [0.5, 0.6) is 0 Å². The fourth-order valence-electron chi connectivity index (χ4n) is 5.10. The monoisotopic (exact) mass is 504 g/mol. The number of carbonyl (C=O) groups is 1. The SMILES string of the molecule is C=C(Nc1cncc(-c2ccoc2)c1C)c1n[nH]c2ccc(-c3cncc(NC(=O)C4CCCC4)c3)cc12. The number of rotatable bonds is 7. The van der Waals surface area contributed by atoms with Crippen LogP contribution in [-0.2, 0) is 4.79 Å². The molecule has 4 aromatic heterocycles. The fourth-order valence-corrected chi connectivity index (χ4v) is 5.10. The summed E-state index contributed by atoms with van der Waals surface area (Å²) in [4.78, 5) is 21.4. The Morgan fingerprint density at radius 2 is 1.84 bits per heavy atom. The summed E-state index contributed by atoms with van der Waals surface area (Å²) in [5.74, 6) is 0.180. The number of hydrogen-bond acceptors (Lipinski definition) is 6. The molecule has 4 heterocycles. The van der Waals surface area contributed by atoms with Gasteiger partial charge in [-0.3, -0.25) is 19.9 Å². The third-order valence-corrected chi connectivity index (χ3v) is 7.25. The van der Waals surface area contributed by atoms with Crippen molar-refractivity contribution in [1.82, 2.24) is 20.2 Å². The van der Waals surface area contributed by atoms with Crippen molar-refractivity contribution in [1.29, 1.82) is 0 Å². The summed E-state index contributed by atoms with van der Waals surface area (Å²) in [6.45, 7) is 6.30. The molecule has 0 saturated heterocycles. The zero-order valence-corrected chi connectivity index (χ0v) is 21.1. The van der Waals surface area contributed by atoms with E-state index >= 15 is 0 Å². The molecule has 38 heavy (non-hydrogen) atoms. The van der Waals surface area contributed by atoms with Crippen LogP contribution in [0.4, 0.5) is 11.4 Å². The first-order chi connectivity index (χ1) is 18.6. The number of fused-ring (bicyclic) bond motifs is 1. The fraction of sp³-hybridized carbons (Fsp3) is 0.200. The summed E-state index contributed by atoms with van der Waals surface area (Å²) in [6, 6.07) is 9.94. The Morgan fingerprint density at radius 1 is 1.00 bits per heavy atom. The normalized spacial score (nSPS) is 13.6. The lowest BCUT2D eigenvalue weighted by Gasteiger charge is -2.13. The summed E-state index contributed by atoms with van der Waals surface area (Å²) < 4.78 is 5.24. The predicted octanol–water partition coefficient (Wildman–Crippen LogP) is 6.80. The lowest BCUT2D eigenvalue weighted by molar-refractivity contribution is -0.119. The summed E-state index contributed by atoms with van der Waals surface area (Å²) in [5.41, 5.74) is 8.68. The first-order valence-corrected chi connectivity index (χ1v) is 12.7. The van der Waals surface area contributed by atoms with Gasteiger partial charge in [0.1, 0.15) is 5.69 Å². The molecule has 1 aliphatic carbocycles. The number of nitrogens with zero attached hydrogens (tertiary/aromatic N) is 3. The Labute approximate surface area is 220 Å². The van der Waals surface area contributed by atoms with E-state index in [0.29, 0.717) is 17.1 Å². The van der Waals surface area contributed by atoms with Gasteiger partial charge in [-0.15, -0.1) is 0 Å². The Kier molecular flexibility index (Phi) is 6.21. The lowest BCUT2D eigenvalue weighted by atomic mass is 10.0. The number of aromatic amines is 1. The molecule has 1 aromatic carbocycles. The average molecular weight is 505 g/mol. The van der Waals surface area contributed by atoms with Crippen LogP contribution in [0.1, 0.15) is 36.9 Å². The predicted molar refractivity (Wildman–Crippen MR) is 149 cm³/mol. The molecule has 1 amide bonds. The minimum absolute atomic E-state index is 0.0815. The van der Waals surface area contributed by atoms with Gasteiger partial charge in [0.2, 0.25) is 5.91 Å². The lowest BCUT2D eigenvalue weighted by Crippen LogP contribution is -2.20. The molecule has 0 radical (unpaired) electrons. The minimum atomic E-state index is 0.0815. The number of furan rings is 1. The van der Waals surface area contributed by atoms with Gasteiger partial charge in [-0.05, 0) is 55.2 Å². The molecule has 0 unspecified atom stereocenters. The molecule has 0 aliphatic heterocycles. The van der Waals surface area contributed by atoms with Crippen LogP contribution in [-0.4, -0.2) is 26.1 Å². The highest BCUT2D eigenvalue weighted by Gasteiger charge is 2.23. The molecule has 8 heteroatoms. The molecule has 8 nitrogen and oxygen atoms in total. The number of amides is 1. The minimum Gasteiger partial charge on any atom is -0.472 e. The highest BCUT2D eigenvalue weighted by molar-refractivity contribution is 5.96. The smallest absolute Gasteiger partial charge is 0.227 e. The molecule has 1 aliphatic rings. The summed E-state index contributed by atoms with van der Waals surface area (Å²) in [5, 5.41) is 15.0. The van der Waals surface area contributed by atoms with Gasteiger partial charge in [-0.1, -0.05) is 25.5 Å². The van der Waals surface area contributed by atoms with E-state index in [1.807, 2.05) is 37.4 Å². The zero-order chi connectivity index (χ0) is 26.1. The van der Waals surface area contributed by atoms with Gasteiger partial charge in [0, 0.05) is 40.4 Å². The maximum absolute atomic E-state index is 12.6. The van der Waals surface area contributed by atoms with Crippen molar-refractivity contribution in [3.05, 3.63) is 85.5 Å². The second-order valence-corrected chi connectivity index (χ2v) is 9.74. The highest BCUT2D eigenvalue weighted by atomic mass is 16.3. The van der Waals surface area contributed by atoms with Gasteiger partial charge in [0.25, 0.3) is 0 Å². The van der Waals surface area contributed by atoms with Gasteiger partial charge < -0.3 is 15.1 Å². The summed E-state index contributed by atoms with van der Waals surface area (Å²) in [6.07, 6.45) is 14.6. The van der Waals surface area contributed by atoms with Crippen molar-refractivity contribution in [3.63, 3.8) is 0 Å². The van der Waals surface area contributed by atoms with E-state index < -0.39 is 0 Å². The summed E-state index contributed by atoms with van der Waals surface area (Å²) >= 11 is 0. The van der Waals surface area contributed by atoms with E-state index in [4.69, 9.17) is 4.42 Å². The first-order valence-electron chi connectivity index (χ1n) is 12.7. The Bertz CT molecular complexity index is 1630. The number of nitrogens with one attached hydrogen (secondary N) is 3. The van der Waals surface area contributed by atoms with Crippen LogP contribution in [0.25, 0.3) is 38.9 Å². The summed E-state index contributed by atoms with van der Waals surface area (Å²) in [7, 11) is 0. The molecule has 1 saturated carbocycles. The van der Waals surface area contributed by atoms with Crippen molar-refractivity contribution < 1.29 is 9.21 Å². The van der Waals surface area contributed by atoms with Gasteiger partial charge in [0.15, 0.2) is 0 Å². The van der Waals surface area contributed by atoms with Gasteiger partial charge in [0.05, 0.1) is 47.5 Å². The number of aromatic nitrogens is 4. The van der Waals surface area contributed by atoms with E-state index in [1.54, 1.807) is 31.1 Å². The number of carbonyl (C=O) groups excluding carboxylic acids is 1. The molecule has 190 valence electrons. The molecule has 0 bridgehead atoms. The second-order valence-electron chi connectivity index (χ2n) is 9.74. The second kappa shape index (κ2) is 9.97. The molecule has 6 rings (SSSR count). The maximum atomic E-state index is 12.6. The van der Waals surface area contributed by atoms with Crippen LogP contribution >= 0.6 is 0 Å². The number of H-pyrrole nitrogens is 1. The number of benzene rings is 1. The van der Waals surface area contributed by atoms with Crippen LogP contribution in [0.2, 0.25) is 0 Å². The van der Waals surface area contributed by atoms with Crippen molar-refractivity contribution in [2.45, 2.75) is 32.6 Å². The van der Waals surface area contributed by atoms with Gasteiger partial charge >= 0.3 is 0 Å². The van der Waals surface area contributed by atoms with Gasteiger partial charge in [-0.25, -0.2) is 0 Å². The largest absolute Gasteiger partial charge is 0.472 e. The molecular weight excluding hydrogens is 476 g/mol. The average Bonchev–Trinajstić information content (AvgIpc) is 3.72. The first kappa shape index (κ1) is 23.7. The quantitative estimate of drug-likeness (QED) is 0.225. The topological polar surface area (TPSA) is 109 Å². The van der Waals surface area contributed by atoms with Crippen LogP contribution in [0.15, 0.2) is 78.6 Å². The van der Waals surface area contributed by atoms with Crippen LogP contribution < -0.4 is 10.6 Å². The molecular formula is C30H28N6O2. The van der Waals surface area contributed by atoms with E-state index in [0.717, 1.165) is 70.1 Å². The molecule has 0 atom stereocenters. The standard InChI is InChI=1S/C30H28N6O2/c1-18-26(22-9-10-38-17-22)15-32-16-28(18)33-19(2)29-25-12-21(7-8-27(25)35-36-29)23-11-24(14-31-13-23)34-30(37)20-5-3-4-6-20/h7-17,20,33H,2-6H2,1H3,(H,34,37)(H,35,36). The van der Waals surface area contributed by atoms with Crippen molar-refractivity contribution >= 4 is 33.9 Å². The molecule has 0 spiro atoms. The van der Waals surface area contributed by atoms with E-state index in [-0.39, 0.29) is 11.8 Å². The van der Waals surface area contributed by atoms with Crippen LogP contribution in [0, 0.1) is 12.8 Å². The third kappa shape index (κ3) is 4.56. The Balaban J connectivity index is 1.26. The molecule has 1 fully saturated rings. The number of pyridine rings is 2. The van der Waals surface area contributed by atoms with Gasteiger partial charge in [-0.2, -0.15) is 5.10 Å². The molecule has 3 N–H and O–H groups in total. The highest BCUT2D eigenvalue weighted by Crippen LogP contribution is 2.32. The van der Waals surface area contributed by atoms with Crippen molar-refractivity contribution in [2.75, 3.05) is 10.6 Å². The van der Waals surface area contributed by atoms with E-state index in [1.165, 1.54) is 0 Å². The van der Waals surface area contributed by atoms with E-state index in [2.05, 4.69) is 43.4 Å². The zero-order valence-electron chi connectivity index (χ0n) is 21.1. The number of hydrogen-bond donors (Lipinski definition) is 3. The number of anilines is 2. The Morgan fingerprint density at radius 3 is 2.66 bits per heavy atom. The molecule has 5 aromatic rings. The van der Waals surface area contributed by atoms with Crippen molar-refractivity contribution in [3.8, 4) is 22.3 Å². The Hall–Kier alpha value is -4.72. The maximum Gasteiger partial charge on any atom is 0.227 e. The van der Waals surface area contributed by atoms with Crippen LogP contribution in [0.3, 0.4) is 0 Å². The third-order valence-electron chi connectivity index (χ3n) is 7.25. The van der Waals surface area contributed by atoms with Crippen molar-refractivity contribution in [2.24, 2.45) is 5.92 Å². The van der Waals surface area contributed by atoms with E-state index in [9.17, 15) is 4.79 Å².